The molecule has 1 atom stereocenters. The SMILES string of the molecule is CC(Nc1cccc(Cl)c1)c1cn(C)cn1. The van der Waals surface area contributed by atoms with E-state index in [4.69, 9.17) is 11.6 Å². The fourth-order valence-corrected chi connectivity index (χ4v) is 1.75. The standard InChI is InChI=1S/C12H14ClN3/c1-9(12-7-16(2)8-14-12)15-11-5-3-4-10(13)6-11/h3-9,15H,1-2H3. The monoisotopic (exact) mass is 235 g/mol. The van der Waals surface area contributed by atoms with Gasteiger partial charge >= 0.3 is 0 Å². The Kier molecular flexibility index (Phi) is 3.15. The van der Waals surface area contributed by atoms with Gasteiger partial charge < -0.3 is 9.88 Å². The third-order valence-corrected chi connectivity index (χ3v) is 2.61. The molecule has 84 valence electrons. The van der Waals surface area contributed by atoms with Crippen molar-refractivity contribution in [3.8, 4) is 0 Å². The predicted octanol–water partition coefficient (Wildman–Crippen LogP) is 3.25. The van der Waals surface area contributed by atoms with E-state index in [0.29, 0.717) is 0 Å². The molecule has 0 saturated heterocycles. The van der Waals surface area contributed by atoms with Gasteiger partial charge in [-0.1, -0.05) is 17.7 Å². The molecule has 1 heterocycles. The number of rotatable bonds is 3. The molecule has 2 aromatic rings. The number of nitrogens with one attached hydrogen (secondary N) is 1. The summed E-state index contributed by atoms with van der Waals surface area (Å²) in [6.07, 6.45) is 3.80. The van der Waals surface area contributed by atoms with E-state index in [1.54, 1.807) is 6.33 Å². The van der Waals surface area contributed by atoms with E-state index in [9.17, 15) is 0 Å². The Balaban J connectivity index is 2.10. The molecule has 0 aliphatic rings. The van der Waals surface area contributed by atoms with Crippen LogP contribution in [0.1, 0.15) is 18.7 Å². The Hall–Kier alpha value is -1.48. The first-order valence-corrected chi connectivity index (χ1v) is 5.53. The summed E-state index contributed by atoms with van der Waals surface area (Å²) < 4.78 is 1.94. The summed E-state index contributed by atoms with van der Waals surface area (Å²) in [5, 5.41) is 4.09. The van der Waals surface area contributed by atoms with Gasteiger partial charge in [0.05, 0.1) is 18.1 Å². The van der Waals surface area contributed by atoms with E-state index >= 15 is 0 Å². The fourth-order valence-electron chi connectivity index (χ4n) is 1.56. The molecule has 0 fully saturated rings. The number of imidazole rings is 1. The summed E-state index contributed by atoms with van der Waals surface area (Å²) in [6, 6.07) is 7.85. The molecule has 1 aromatic carbocycles. The molecule has 16 heavy (non-hydrogen) atoms. The highest BCUT2D eigenvalue weighted by atomic mass is 35.5. The fraction of sp³-hybridized carbons (Fsp3) is 0.250. The minimum Gasteiger partial charge on any atom is -0.377 e. The average Bonchev–Trinajstić information content (AvgIpc) is 2.65. The van der Waals surface area contributed by atoms with Gasteiger partial charge in [0.25, 0.3) is 0 Å². The lowest BCUT2D eigenvalue weighted by Crippen LogP contribution is -2.06. The van der Waals surface area contributed by atoms with Gasteiger partial charge in [-0.3, -0.25) is 0 Å². The highest BCUT2D eigenvalue weighted by Gasteiger charge is 2.07. The van der Waals surface area contributed by atoms with Crippen molar-refractivity contribution in [2.24, 2.45) is 7.05 Å². The molecule has 0 saturated carbocycles. The van der Waals surface area contributed by atoms with Crippen molar-refractivity contribution >= 4 is 17.3 Å². The van der Waals surface area contributed by atoms with E-state index in [1.807, 2.05) is 42.1 Å². The molecule has 1 unspecified atom stereocenters. The topological polar surface area (TPSA) is 29.9 Å². The Bertz CT molecular complexity index is 479. The van der Waals surface area contributed by atoms with Crippen LogP contribution in [0.4, 0.5) is 5.69 Å². The maximum Gasteiger partial charge on any atom is 0.0947 e. The zero-order chi connectivity index (χ0) is 11.5. The molecule has 0 spiro atoms. The molecule has 1 aromatic heterocycles. The number of halogens is 1. The summed E-state index contributed by atoms with van der Waals surface area (Å²) in [7, 11) is 1.96. The van der Waals surface area contributed by atoms with Crippen molar-refractivity contribution in [1.82, 2.24) is 9.55 Å². The lowest BCUT2D eigenvalue weighted by Gasteiger charge is -2.13. The zero-order valence-corrected chi connectivity index (χ0v) is 10.1. The van der Waals surface area contributed by atoms with Crippen LogP contribution in [0.15, 0.2) is 36.8 Å². The summed E-state index contributed by atoms with van der Waals surface area (Å²) >= 11 is 5.92. The van der Waals surface area contributed by atoms with Gasteiger partial charge in [-0.2, -0.15) is 0 Å². The molecule has 3 nitrogen and oxygen atoms in total. The van der Waals surface area contributed by atoms with Gasteiger partial charge in [0, 0.05) is 24.0 Å². The van der Waals surface area contributed by atoms with Gasteiger partial charge in [0.15, 0.2) is 0 Å². The van der Waals surface area contributed by atoms with Gasteiger partial charge in [0.1, 0.15) is 0 Å². The van der Waals surface area contributed by atoms with Crippen molar-refractivity contribution in [1.29, 1.82) is 0 Å². The summed E-state index contributed by atoms with van der Waals surface area (Å²) in [5.74, 6) is 0. The molecule has 4 heteroatoms. The van der Waals surface area contributed by atoms with Crippen molar-refractivity contribution in [2.75, 3.05) is 5.32 Å². The first-order chi connectivity index (χ1) is 7.65. The Morgan fingerprint density at radius 2 is 2.25 bits per heavy atom. The molecule has 1 N–H and O–H groups in total. The van der Waals surface area contributed by atoms with Crippen molar-refractivity contribution < 1.29 is 0 Å². The van der Waals surface area contributed by atoms with Crippen molar-refractivity contribution in [3.05, 3.63) is 47.5 Å². The van der Waals surface area contributed by atoms with Crippen LogP contribution in [0.25, 0.3) is 0 Å². The van der Waals surface area contributed by atoms with Crippen LogP contribution in [-0.2, 0) is 7.05 Å². The van der Waals surface area contributed by atoms with Crippen LogP contribution < -0.4 is 5.32 Å². The summed E-state index contributed by atoms with van der Waals surface area (Å²) in [6.45, 7) is 2.07. The number of aryl methyl sites for hydroxylation is 1. The Morgan fingerprint density at radius 3 is 2.88 bits per heavy atom. The maximum atomic E-state index is 5.92. The second-order valence-corrected chi connectivity index (χ2v) is 4.28. The second kappa shape index (κ2) is 4.58. The van der Waals surface area contributed by atoms with Crippen LogP contribution in [0.5, 0.6) is 0 Å². The number of benzene rings is 1. The van der Waals surface area contributed by atoms with Gasteiger partial charge in [0.2, 0.25) is 0 Å². The third kappa shape index (κ3) is 2.55. The molecule has 0 aliphatic heterocycles. The van der Waals surface area contributed by atoms with E-state index < -0.39 is 0 Å². The van der Waals surface area contributed by atoms with E-state index in [2.05, 4.69) is 17.2 Å². The number of aromatic nitrogens is 2. The number of anilines is 1. The molecule has 0 bridgehead atoms. The van der Waals surface area contributed by atoms with Crippen LogP contribution in [-0.4, -0.2) is 9.55 Å². The summed E-state index contributed by atoms with van der Waals surface area (Å²) in [5.41, 5.74) is 2.02. The first kappa shape index (κ1) is 11.0. The largest absolute Gasteiger partial charge is 0.377 e. The van der Waals surface area contributed by atoms with E-state index in [0.717, 1.165) is 16.4 Å². The Labute approximate surface area is 100 Å². The quantitative estimate of drug-likeness (QED) is 0.885. The van der Waals surface area contributed by atoms with Crippen LogP contribution in [0.2, 0.25) is 5.02 Å². The predicted molar refractivity (Wildman–Crippen MR) is 66.7 cm³/mol. The molecule has 0 amide bonds. The normalized spacial score (nSPS) is 12.4. The van der Waals surface area contributed by atoms with Crippen molar-refractivity contribution in [3.63, 3.8) is 0 Å². The number of nitrogens with zero attached hydrogens (tertiary/aromatic N) is 2. The first-order valence-electron chi connectivity index (χ1n) is 5.15. The van der Waals surface area contributed by atoms with Gasteiger partial charge in [-0.05, 0) is 25.1 Å². The highest BCUT2D eigenvalue weighted by Crippen LogP contribution is 2.20. The van der Waals surface area contributed by atoms with Gasteiger partial charge in [-0.15, -0.1) is 0 Å². The third-order valence-electron chi connectivity index (χ3n) is 2.38. The second-order valence-electron chi connectivity index (χ2n) is 3.84. The average molecular weight is 236 g/mol. The van der Waals surface area contributed by atoms with E-state index in [-0.39, 0.29) is 6.04 Å². The lowest BCUT2D eigenvalue weighted by molar-refractivity contribution is 0.845. The smallest absolute Gasteiger partial charge is 0.0947 e. The zero-order valence-electron chi connectivity index (χ0n) is 9.31. The van der Waals surface area contributed by atoms with Gasteiger partial charge in [-0.25, -0.2) is 4.98 Å². The lowest BCUT2D eigenvalue weighted by atomic mass is 10.2. The minimum absolute atomic E-state index is 0.166. The number of hydrogen-bond donors (Lipinski definition) is 1. The maximum absolute atomic E-state index is 5.92. The molecule has 2 rings (SSSR count). The van der Waals surface area contributed by atoms with Crippen LogP contribution in [0, 0.1) is 0 Å². The molecular formula is C12H14ClN3. The minimum atomic E-state index is 0.166. The number of hydrogen-bond acceptors (Lipinski definition) is 2. The van der Waals surface area contributed by atoms with Crippen molar-refractivity contribution in [2.45, 2.75) is 13.0 Å². The molecular weight excluding hydrogens is 222 g/mol. The van der Waals surface area contributed by atoms with E-state index in [1.165, 1.54) is 0 Å². The Morgan fingerprint density at radius 1 is 1.44 bits per heavy atom. The molecule has 0 aliphatic carbocycles. The summed E-state index contributed by atoms with van der Waals surface area (Å²) in [4.78, 5) is 4.30. The highest BCUT2D eigenvalue weighted by molar-refractivity contribution is 6.30. The molecule has 0 radical (unpaired) electrons. The van der Waals surface area contributed by atoms with Crippen LogP contribution in [0.3, 0.4) is 0 Å². The van der Waals surface area contributed by atoms with Crippen LogP contribution >= 0.6 is 11.6 Å².